The minimum atomic E-state index is 0.169. The van der Waals surface area contributed by atoms with Crippen LogP contribution in [-0.4, -0.2) is 72.3 Å². The summed E-state index contributed by atoms with van der Waals surface area (Å²) in [7, 11) is 1.86. The van der Waals surface area contributed by atoms with Gasteiger partial charge in [0.1, 0.15) is 0 Å². The Kier molecular flexibility index (Phi) is 6.24. The van der Waals surface area contributed by atoms with Gasteiger partial charge in [-0.15, -0.1) is 0 Å². The van der Waals surface area contributed by atoms with Gasteiger partial charge in [0.05, 0.1) is 6.54 Å². The number of rotatable bonds is 4. The van der Waals surface area contributed by atoms with E-state index in [0.717, 1.165) is 39.0 Å². The van der Waals surface area contributed by atoms with E-state index in [1.165, 1.54) is 19.3 Å². The third kappa shape index (κ3) is 4.45. The largest absolute Gasteiger partial charge is 0.342 e. The predicted octanol–water partition coefficient (Wildman–Crippen LogP) is 1.58. The molecule has 1 heterocycles. The van der Waals surface area contributed by atoms with E-state index in [9.17, 15) is 9.59 Å². The molecule has 2 rings (SSSR count). The monoisotopic (exact) mass is 309 g/mol. The lowest BCUT2D eigenvalue weighted by Gasteiger charge is -2.37. The van der Waals surface area contributed by atoms with Gasteiger partial charge in [-0.3, -0.25) is 14.5 Å². The Morgan fingerprint density at radius 1 is 1.05 bits per heavy atom. The van der Waals surface area contributed by atoms with E-state index in [0.29, 0.717) is 12.5 Å². The summed E-state index contributed by atoms with van der Waals surface area (Å²) in [4.78, 5) is 30.6. The second kappa shape index (κ2) is 7.95. The second-order valence-electron chi connectivity index (χ2n) is 7.03. The molecule has 0 bridgehead atoms. The number of nitrogens with zero attached hydrogens (tertiary/aromatic N) is 3. The van der Waals surface area contributed by atoms with E-state index in [4.69, 9.17) is 0 Å². The highest BCUT2D eigenvalue weighted by Gasteiger charge is 2.29. The van der Waals surface area contributed by atoms with Crippen LogP contribution in [0, 0.1) is 5.92 Å². The minimum absolute atomic E-state index is 0.169. The van der Waals surface area contributed by atoms with E-state index in [-0.39, 0.29) is 17.9 Å². The Morgan fingerprint density at radius 3 is 2.18 bits per heavy atom. The molecule has 1 saturated carbocycles. The number of likely N-dealkylation sites (N-methyl/N-ethyl adjacent to an activating group) is 1. The van der Waals surface area contributed by atoms with Crippen molar-refractivity contribution in [3.63, 3.8) is 0 Å². The smallest absolute Gasteiger partial charge is 0.236 e. The van der Waals surface area contributed by atoms with Crippen LogP contribution in [0.15, 0.2) is 0 Å². The Labute approximate surface area is 134 Å². The molecule has 2 amide bonds. The van der Waals surface area contributed by atoms with Gasteiger partial charge in [-0.1, -0.05) is 19.3 Å². The summed E-state index contributed by atoms with van der Waals surface area (Å²) in [5.74, 6) is 0.779. The fraction of sp³-hybridized carbons (Fsp3) is 0.882. The number of amides is 2. The van der Waals surface area contributed by atoms with Gasteiger partial charge >= 0.3 is 0 Å². The zero-order valence-electron chi connectivity index (χ0n) is 14.4. The van der Waals surface area contributed by atoms with Gasteiger partial charge in [-0.2, -0.15) is 0 Å². The van der Waals surface area contributed by atoms with Crippen LogP contribution in [0.3, 0.4) is 0 Å². The van der Waals surface area contributed by atoms with Gasteiger partial charge < -0.3 is 9.80 Å². The molecule has 5 heteroatoms. The molecule has 22 heavy (non-hydrogen) atoms. The van der Waals surface area contributed by atoms with Crippen molar-refractivity contribution >= 4 is 11.8 Å². The second-order valence-corrected chi connectivity index (χ2v) is 7.03. The molecule has 0 aromatic heterocycles. The maximum atomic E-state index is 12.5. The first kappa shape index (κ1) is 17.3. The summed E-state index contributed by atoms with van der Waals surface area (Å²) in [6.45, 7) is 7.70. The molecule has 2 aliphatic rings. The van der Waals surface area contributed by atoms with Crippen LogP contribution >= 0.6 is 0 Å². The van der Waals surface area contributed by atoms with Crippen molar-refractivity contribution in [3.05, 3.63) is 0 Å². The SMILES string of the molecule is CC(C)N(C)C(=O)CN1CCN(C(=O)C2CCCCC2)CC1. The van der Waals surface area contributed by atoms with Crippen molar-refractivity contribution in [2.75, 3.05) is 39.8 Å². The van der Waals surface area contributed by atoms with E-state index in [1.54, 1.807) is 4.90 Å². The number of piperazine rings is 1. The number of carbonyl (C=O) groups excluding carboxylic acids is 2. The molecule has 1 saturated heterocycles. The molecule has 0 unspecified atom stereocenters. The number of hydrogen-bond donors (Lipinski definition) is 0. The highest BCUT2D eigenvalue weighted by atomic mass is 16.2. The van der Waals surface area contributed by atoms with Gasteiger partial charge in [-0.25, -0.2) is 0 Å². The van der Waals surface area contributed by atoms with Crippen LogP contribution in [0.25, 0.3) is 0 Å². The van der Waals surface area contributed by atoms with Crippen LogP contribution in [0.2, 0.25) is 0 Å². The number of hydrogen-bond acceptors (Lipinski definition) is 3. The maximum Gasteiger partial charge on any atom is 0.236 e. The van der Waals surface area contributed by atoms with Crippen molar-refractivity contribution in [3.8, 4) is 0 Å². The van der Waals surface area contributed by atoms with Crippen molar-refractivity contribution < 1.29 is 9.59 Å². The summed E-state index contributed by atoms with van der Waals surface area (Å²) >= 11 is 0. The van der Waals surface area contributed by atoms with Crippen molar-refractivity contribution in [1.82, 2.24) is 14.7 Å². The lowest BCUT2D eigenvalue weighted by atomic mass is 9.88. The summed E-state index contributed by atoms with van der Waals surface area (Å²) in [6.07, 6.45) is 5.81. The molecule has 2 fully saturated rings. The van der Waals surface area contributed by atoms with Crippen LogP contribution in [0.4, 0.5) is 0 Å². The van der Waals surface area contributed by atoms with Crippen LogP contribution in [0.1, 0.15) is 46.0 Å². The maximum absolute atomic E-state index is 12.5. The quantitative estimate of drug-likeness (QED) is 0.792. The van der Waals surface area contributed by atoms with Gasteiger partial charge in [0.2, 0.25) is 11.8 Å². The van der Waals surface area contributed by atoms with E-state index >= 15 is 0 Å². The zero-order chi connectivity index (χ0) is 16.1. The number of carbonyl (C=O) groups is 2. The average Bonchev–Trinajstić information content (AvgIpc) is 2.54. The predicted molar refractivity (Wildman–Crippen MR) is 87.5 cm³/mol. The van der Waals surface area contributed by atoms with Crippen molar-refractivity contribution in [2.45, 2.75) is 52.0 Å². The molecule has 0 atom stereocenters. The third-order valence-electron chi connectivity index (χ3n) is 5.17. The molecular weight excluding hydrogens is 278 g/mol. The lowest BCUT2D eigenvalue weighted by molar-refractivity contribution is -0.139. The van der Waals surface area contributed by atoms with E-state index in [2.05, 4.69) is 4.90 Å². The fourth-order valence-corrected chi connectivity index (χ4v) is 3.32. The normalized spacial score (nSPS) is 21.2. The molecule has 1 aliphatic carbocycles. The van der Waals surface area contributed by atoms with Gasteiger partial charge in [0.25, 0.3) is 0 Å². The molecule has 126 valence electrons. The van der Waals surface area contributed by atoms with Crippen LogP contribution in [0.5, 0.6) is 0 Å². The molecule has 0 spiro atoms. The first-order valence-electron chi connectivity index (χ1n) is 8.76. The molecular formula is C17H31N3O2. The highest BCUT2D eigenvalue weighted by molar-refractivity contribution is 5.79. The Morgan fingerprint density at radius 2 is 1.64 bits per heavy atom. The van der Waals surface area contributed by atoms with Crippen LogP contribution < -0.4 is 0 Å². The topological polar surface area (TPSA) is 43.9 Å². The first-order chi connectivity index (χ1) is 10.5. The van der Waals surface area contributed by atoms with E-state index in [1.807, 2.05) is 25.8 Å². The van der Waals surface area contributed by atoms with E-state index < -0.39 is 0 Å². The standard InChI is InChI=1S/C17H31N3O2/c1-14(2)18(3)16(21)13-19-9-11-20(12-10-19)17(22)15-7-5-4-6-8-15/h14-15H,4-13H2,1-3H3. The zero-order valence-corrected chi connectivity index (χ0v) is 14.4. The van der Waals surface area contributed by atoms with Crippen LogP contribution in [-0.2, 0) is 9.59 Å². The van der Waals surface area contributed by atoms with Gasteiger partial charge in [0, 0.05) is 45.2 Å². The Balaban J connectivity index is 1.75. The Hall–Kier alpha value is -1.10. The molecule has 1 aliphatic heterocycles. The van der Waals surface area contributed by atoms with Gasteiger partial charge in [0.15, 0.2) is 0 Å². The molecule has 0 radical (unpaired) electrons. The molecule has 0 aromatic rings. The summed E-state index contributed by atoms with van der Waals surface area (Å²) in [5, 5.41) is 0. The minimum Gasteiger partial charge on any atom is -0.342 e. The summed E-state index contributed by atoms with van der Waals surface area (Å²) in [5.41, 5.74) is 0. The fourth-order valence-electron chi connectivity index (χ4n) is 3.32. The molecule has 0 N–H and O–H groups in total. The molecule has 0 aromatic carbocycles. The first-order valence-corrected chi connectivity index (χ1v) is 8.76. The lowest BCUT2D eigenvalue weighted by Crippen LogP contribution is -2.53. The third-order valence-corrected chi connectivity index (χ3v) is 5.17. The van der Waals surface area contributed by atoms with Gasteiger partial charge in [-0.05, 0) is 26.7 Å². The van der Waals surface area contributed by atoms with Crippen molar-refractivity contribution in [1.29, 1.82) is 0 Å². The highest BCUT2D eigenvalue weighted by Crippen LogP contribution is 2.25. The Bertz CT molecular complexity index is 383. The summed E-state index contributed by atoms with van der Waals surface area (Å²) in [6, 6.07) is 0.238. The van der Waals surface area contributed by atoms with Crippen molar-refractivity contribution in [2.24, 2.45) is 5.92 Å². The summed E-state index contributed by atoms with van der Waals surface area (Å²) < 4.78 is 0. The molecule has 5 nitrogen and oxygen atoms in total. The average molecular weight is 309 g/mol.